The first-order valence-corrected chi connectivity index (χ1v) is 16.7. The predicted octanol–water partition coefficient (Wildman–Crippen LogP) is 6.65. The fraction of sp³-hybridized carbons (Fsp3) is 0.500. The standard InChI is InChI=1S/C34H40F6N4O4S/c1-42(2)29(46)19-22-11-15-43(16-12-22)28(45)10-8-23-7-9-27(32(34(38,39)40)31(23)33(35,36)37)49-26-6-4-5-25(20-26)41-24-13-17-44(18-14-24)30(47)21-48-3/h4-10,20,22,24,41H,11-19,21H2,1-3H3. The van der Waals surface area contributed by atoms with E-state index in [1.807, 2.05) is 0 Å². The van der Waals surface area contributed by atoms with Gasteiger partial charge in [-0.3, -0.25) is 14.4 Å². The van der Waals surface area contributed by atoms with Crippen molar-refractivity contribution in [2.24, 2.45) is 5.92 Å². The van der Waals surface area contributed by atoms with Gasteiger partial charge in [0.15, 0.2) is 0 Å². The number of hydrogen-bond donors (Lipinski definition) is 1. The Morgan fingerprint density at radius 2 is 1.55 bits per heavy atom. The van der Waals surface area contributed by atoms with E-state index in [2.05, 4.69) is 5.32 Å². The minimum atomic E-state index is -5.37. The summed E-state index contributed by atoms with van der Waals surface area (Å²) in [5.41, 5.74) is -3.87. The van der Waals surface area contributed by atoms with Gasteiger partial charge in [-0.15, -0.1) is 0 Å². The van der Waals surface area contributed by atoms with Crippen LogP contribution < -0.4 is 5.32 Å². The average molecular weight is 715 g/mol. The van der Waals surface area contributed by atoms with Crippen molar-refractivity contribution in [2.45, 2.75) is 60.3 Å². The Morgan fingerprint density at radius 3 is 2.14 bits per heavy atom. The van der Waals surface area contributed by atoms with Gasteiger partial charge in [0, 0.05) is 81.4 Å². The average Bonchev–Trinajstić information content (AvgIpc) is 3.03. The second-order valence-electron chi connectivity index (χ2n) is 12.4. The molecule has 0 aromatic heterocycles. The number of rotatable bonds is 10. The maximum atomic E-state index is 14.4. The molecule has 2 aromatic carbocycles. The van der Waals surface area contributed by atoms with E-state index in [9.17, 15) is 40.7 Å². The first-order valence-electron chi connectivity index (χ1n) is 15.9. The number of likely N-dealkylation sites (tertiary alicyclic amines) is 2. The molecule has 2 aliphatic heterocycles. The summed E-state index contributed by atoms with van der Waals surface area (Å²) in [6, 6.07) is 8.34. The predicted molar refractivity (Wildman–Crippen MR) is 174 cm³/mol. The fourth-order valence-corrected chi connectivity index (χ4v) is 7.01. The Balaban J connectivity index is 1.50. The summed E-state index contributed by atoms with van der Waals surface area (Å²) in [5, 5.41) is 3.31. The minimum absolute atomic E-state index is 0.00971. The molecule has 268 valence electrons. The Bertz CT molecular complexity index is 1510. The van der Waals surface area contributed by atoms with Gasteiger partial charge in [0.25, 0.3) is 0 Å². The van der Waals surface area contributed by atoms with E-state index in [1.165, 1.54) is 23.0 Å². The van der Waals surface area contributed by atoms with Crippen molar-refractivity contribution >= 4 is 41.2 Å². The van der Waals surface area contributed by atoms with Crippen LogP contribution in [0.5, 0.6) is 0 Å². The molecule has 0 unspecified atom stereocenters. The molecule has 3 amide bonds. The van der Waals surface area contributed by atoms with E-state index in [-0.39, 0.29) is 43.5 Å². The molecule has 0 aliphatic carbocycles. The molecule has 0 saturated carbocycles. The van der Waals surface area contributed by atoms with Crippen LogP contribution in [-0.4, -0.2) is 92.5 Å². The molecule has 15 heteroatoms. The zero-order valence-electron chi connectivity index (χ0n) is 27.5. The summed E-state index contributed by atoms with van der Waals surface area (Å²) in [4.78, 5) is 41.2. The molecule has 4 rings (SSSR count). The van der Waals surface area contributed by atoms with Crippen molar-refractivity contribution in [1.82, 2.24) is 14.7 Å². The lowest BCUT2D eigenvalue weighted by Gasteiger charge is -2.32. The van der Waals surface area contributed by atoms with Crippen LogP contribution in [0.4, 0.5) is 32.0 Å². The molecular weight excluding hydrogens is 674 g/mol. The van der Waals surface area contributed by atoms with Gasteiger partial charge in [0.2, 0.25) is 17.7 Å². The van der Waals surface area contributed by atoms with Crippen LogP contribution in [0.25, 0.3) is 6.08 Å². The number of nitrogens with zero attached hydrogens (tertiary/aromatic N) is 3. The normalized spacial score (nSPS) is 16.7. The van der Waals surface area contributed by atoms with Crippen LogP contribution in [-0.2, 0) is 31.5 Å². The summed E-state index contributed by atoms with van der Waals surface area (Å²) in [6.07, 6.45) is -6.41. The Morgan fingerprint density at radius 1 is 0.918 bits per heavy atom. The van der Waals surface area contributed by atoms with Gasteiger partial charge in [-0.25, -0.2) is 0 Å². The molecule has 2 aliphatic rings. The fourth-order valence-electron chi connectivity index (χ4n) is 5.96. The molecule has 0 spiro atoms. The lowest BCUT2D eigenvalue weighted by molar-refractivity contribution is -0.163. The molecule has 8 nitrogen and oxygen atoms in total. The highest BCUT2D eigenvalue weighted by atomic mass is 32.2. The molecule has 0 bridgehead atoms. The summed E-state index contributed by atoms with van der Waals surface area (Å²) < 4.78 is 91.3. The number of alkyl halides is 6. The van der Waals surface area contributed by atoms with Gasteiger partial charge in [-0.1, -0.05) is 23.9 Å². The summed E-state index contributed by atoms with van der Waals surface area (Å²) >= 11 is 0.566. The van der Waals surface area contributed by atoms with Crippen LogP contribution in [0.1, 0.15) is 48.8 Å². The third-order valence-electron chi connectivity index (χ3n) is 8.61. The summed E-state index contributed by atoms with van der Waals surface area (Å²) in [6.45, 7) is 1.57. The number of ether oxygens (including phenoxy) is 1. The SMILES string of the molecule is COCC(=O)N1CCC(Nc2cccc(Sc3ccc(C=CC(=O)N4CCC(CC(=O)N(C)C)CC4)c(C(F)(F)F)c3C(F)(F)F)c2)CC1. The maximum Gasteiger partial charge on any atom is 0.418 e. The van der Waals surface area contributed by atoms with Crippen LogP contribution in [0.2, 0.25) is 0 Å². The molecule has 1 N–H and O–H groups in total. The smallest absolute Gasteiger partial charge is 0.382 e. The van der Waals surface area contributed by atoms with E-state index in [0.29, 0.717) is 67.5 Å². The van der Waals surface area contributed by atoms with Crippen molar-refractivity contribution in [3.63, 3.8) is 0 Å². The largest absolute Gasteiger partial charge is 0.418 e. The highest BCUT2D eigenvalue weighted by Crippen LogP contribution is 2.48. The van der Waals surface area contributed by atoms with Crippen molar-refractivity contribution in [3.8, 4) is 0 Å². The van der Waals surface area contributed by atoms with Crippen molar-refractivity contribution in [3.05, 3.63) is 59.2 Å². The third kappa shape index (κ3) is 10.4. The molecular formula is C34H40F6N4O4S. The quantitative estimate of drug-likeness (QED) is 0.219. The highest BCUT2D eigenvalue weighted by molar-refractivity contribution is 7.99. The zero-order chi connectivity index (χ0) is 35.9. The van der Waals surface area contributed by atoms with Gasteiger partial charge in [-0.2, -0.15) is 26.3 Å². The number of methoxy groups -OCH3 is 1. The second-order valence-corrected chi connectivity index (χ2v) is 13.5. The Hall–Kier alpha value is -3.72. The molecule has 2 heterocycles. The van der Waals surface area contributed by atoms with Gasteiger partial charge >= 0.3 is 12.4 Å². The third-order valence-corrected chi connectivity index (χ3v) is 9.66. The first kappa shape index (κ1) is 38.1. The van der Waals surface area contributed by atoms with Crippen LogP contribution >= 0.6 is 11.8 Å². The molecule has 2 aromatic rings. The molecule has 0 atom stereocenters. The van der Waals surface area contributed by atoms with E-state index in [1.54, 1.807) is 37.2 Å². The van der Waals surface area contributed by atoms with Gasteiger partial charge in [0.1, 0.15) is 6.61 Å². The van der Waals surface area contributed by atoms with Crippen molar-refractivity contribution < 1.29 is 45.5 Å². The summed E-state index contributed by atoms with van der Waals surface area (Å²) in [5.74, 6) is -0.709. The van der Waals surface area contributed by atoms with Gasteiger partial charge < -0.3 is 24.8 Å². The zero-order valence-corrected chi connectivity index (χ0v) is 28.3. The highest BCUT2D eigenvalue weighted by Gasteiger charge is 2.46. The number of halogens is 6. The number of carbonyl (C=O) groups excluding carboxylic acids is 3. The van der Waals surface area contributed by atoms with Gasteiger partial charge in [0.05, 0.1) is 11.1 Å². The summed E-state index contributed by atoms with van der Waals surface area (Å²) in [7, 11) is 4.74. The molecule has 2 saturated heterocycles. The van der Waals surface area contributed by atoms with E-state index >= 15 is 0 Å². The number of benzene rings is 2. The van der Waals surface area contributed by atoms with Crippen LogP contribution in [0.3, 0.4) is 0 Å². The number of carbonyl (C=O) groups is 3. The lowest BCUT2D eigenvalue weighted by atomic mass is 9.93. The first-order chi connectivity index (χ1) is 23.1. The number of hydrogen-bond acceptors (Lipinski definition) is 6. The van der Waals surface area contributed by atoms with Crippen LogP contribution in [0.15, 0.2) is 52.3 Å². The van der Waals surface area contributed by atoms with E-state index in [0.717, 1.165) is 24.3 Å². The number of anilines is 1. The monoisotopic (exact) mass is 714 g/mol. The topological polar surface area (TPSA) is 82.2 Å². The number of nitrogens with one attached hydrogen (secondary N) is 1. The van der Waals surface area contributed by atoms with Gasteiger partial charge in [-0.05, 0) is 67.5 Å². The molecule has 0 radical (unpaired) electrons. The van der Waals surface area contributed by atoms with Crippen molar-refractivity contribution in [1.29, 1.82) is 0 Å². The van der Waals surface area contributed by atoms with Crippen molar-refractivity contribution in [2.75, 3.05) is 59.3 Å². The Kier molecular flexibility index (Phi) is 12.7. The van der Waals surface area contributed by atoms with E-state index in [4.69, 9.17) is 4.74 Å². The molecule has 49 heavy (non-hydrogen) atoms. The maximum absolute atomic E-state index is 14.4. The minimum Gasteiger partial charge on any atom is -0.382 e. The number of amides is 3. The Labute approximate surface area is 285 Å². The second kappa shape index (κ2) is 16.3. The number of piperidine rings is 2. The lowest BCUT2D eigenvalue weighted by Crippen LogP contribution is -2.43. The van der Waals surface area contributed by atoms with E-state index < -0.39 is 39.8 Å². The molecule has 2 fully saturated rings. The van der Waals surface area contributed by atoms with Crippen LogP contribution in [0, 0.1) is 5.92 Å².